The second-order valence-electron chi connectivity index (χ2n) is 5.85. The summed E-state index contributed by atoms with van der Waals surface area (Å²) in [6.45, 7) is 0. The molecule has 2 heterocycles. The van der Waals surface area contributed by atoms with Crippen molar-refractivity contribution >= 4 is 33.6 Å². The molecule has 23 heavy (non-hydrogen) atoms. The lowest BCUT2D eigenvalue weighted by atomic mass is 9.99. The van der Waals surface area contributed by atoms with Gasteiger partial charge in [-0.05, 0) is 55.0 Å². The van der Waals surface area contributed by atoms with Crippen molar-refractivity contribution in [3.05, 3.63) is 75.5 Å². The molecule has 114 valence electrons. The van der Waals surface area contributed by atoms with Gasteiger partial charge in [-0.3, -0.25) is 9.59 Å². The van der Waals surface area contributed by atoms with Gasteiger partial charge in [0, 0.05) is 39.5 Å². The van der Waals surface area contributed by atoms with Crippen LogP contribution in [0.15, 0.2) is 64.3 Å². The molecule has 1 aliphatic heterocycles. The summed E-state index contributed by atoms with van der Waals surface area (Å²) < 4.78 is 3.03. The van der Waals surface area contributed by atoms with Gasteiger partial charge in [0.15, 0.2) is 11.6 Å². The Morgan fingerprint density at radius 2 is 1.91 bits per heavy atom. The van der Waals surface area contributed by atoms with Gasteiger partial charge in [-0.15, -0.1) is 0 Å². The second kappa shape index (κ2) is 5.46. The molecule has 0 spiro atoms. The normalized spacial score (nSPS) is 19.5. The molecule has 1 aromatic carbocycles. The molecule has 2 aromatic rings. The lowest BCUT2D eigenvalue weighted by molar-refractivity contribution is -0.114. The number of allylic oxidation sites excluding steroid dienone is 3. The Labute approximate surface area is 142 Å². The van der Waals surface area contributed by atoms with Crippen LogP contribution in [0.25, 0.3) is 6.08 Å². The molecule has 0 saturated heterocycles. The SMILES string of the molecule is O=C1CC[C@@H]2C1=CC(C(=O)c1ccc(Br)cc1)=Cc1cccn12. The molecule has 1 saturated carbocycles. The summed E-state index contributed by atoms with van der Waals surface area (Å²) in [4.78, 5) is 25.1. The molecule has 4 heteroatoms. The van der Waals surface area contributed by atoms with E-state index in [1.807, 2.05) is 36.5 Å². The number of halogens is 1. The molecule has 1 atom stereocenters. The Morgan fingerprint density at radius 3 is 2.70 bits per heavy atom. The molecule has 1 fully saturated rings. The maximum Gasteiger partial charge on any atom is 0.193 e. The fourth-order valence-corrected chi connectivity index (χ4v) is 3.56. The van der Waals surface area contributed by atoms with Gasteiger partial charge in [-0.2, -0.15) is 0 Å². The summed E-state index contributed by atoms with van der Waals surface area (Å²) >= 11 is 3.38. The van der Waals surface area contributed by atoms with Gasteiger partial charge in [-0.25, -0.2) is 0 Å². The predicted molar refractivity (Wildman–Crippen MR) is 92.2 cm³/mol. The van der Waals surface area contributed by atoms with E-state index in [-0.39, 0.29) is 17.6 Å². The Balaban J connectivity index is 1.82. The first-order valence-corrected chi connectivity index (χ1v) is 8.36. The zero-order valence-corrected chi connectivity index (χ0v) is 13.9. The minimum Gasteiger partial charge on any atom is -0.340 e. The minimum absolute atomic E-state index is 0.0546. The molecule has 0 radical (unpaired) electrons. The molecule has 0 amide bonds. The van der Waals surface area contributed by atoms with Gasteiger partial charge in [-0.1, -0.05) is 15.9 Å². The van der Waals surface area contributed by atoms with E-state index in [1.54, 1.807) is 18.2 Å². The summed E-state index contributed by atoms with van der Waals surface area (Å²) in [5.41, 5.74) is 2.91. The predicted octanol–water partition coefficient (Wildman–Crippen LogP) is 4.36. The first kappa shape index (κ1) is 14.4. The Bertz CT molecular complexity index is 871. The van der Waals surface area contributed by atoms with Crippen molar-refractivity contribution in [1.82, 2.24) is 4.57 Å². The first-order chi connectivity index (χ1) is 11.1. The molecule has 3 nitrogen and oxygen atoms in total. The van der Waals surface area contributed by atoms with Gasteiger partial charge < -0.3 is 4.57 Å². The zero-order chi connectivity index (χ0) is 16.0. The van der Waals surface area contributed by atoms with E-state index in [4.69, 9.17) is 0 Å². The van der Waals surface area contributed by atoms with Gasteiger partial charge in [0.25, 0.3) is 0 Å². The van der Waals surface area contributed by atoms with E-state index in [9.17, 15) is 9.59 Å². The highest BCUT2D eigenvalue weighted by molar-refractivity contribution is 9.10. The summed E-state index contributed by atoms with van der Waals surface area (Å²) in [6.07, 6.45) is 7.00. The lowest BCUT2D eigenvalue weighted by Crippen LogP contribution is -2.08. The van der Waals surface area contributed by atoms with Crippen molar-refractivity contribution in [2.45, 2.75) is 18.9 Å². The van der Waals surface area contributed by atoms with Crippen LogP contribution >= 0.6 is 15.9 Å². The third-order valence-corrected chi connectivity index (χ3v) is 4.99. The average Bonchev–Trinajstić information content (AvgIpc) is 3.10. The number of hydrogen-bond donors (Lipinski definition) is 0. The van der Waals surface area contributed by atoms with Crippen LogP contribution in [0, 0.1) is 0 Å². The highest BCUT2D eigenvalue weighted by Gasteiger charge is 2.32. The summed E-state index contributed by atoms with van der Waals surface area (Å²) in [5.74, 6) is 0.0872. The van der Waals surface area contributed by atoms with Gasteiger partial charge in [0.2, 0.25) is 0 Å². The van der Waals surface area contributed by atoms with Crippen molar-refractivity contribution in [1.29, 1.82) is 0 Å². The molecule has 1 aliphatic carbocycles. The maximum atomic E-state index is 12.8. The van der Waals surface area contributed by atoms with Crippen molar-refractivity contribution in [3.63, 3.8) is 0 Å². The molecule has 2 aliphatic rings. The number of carbonyl (C=O) groups is 2. The maximum absolute atomic E-state index is 12.8. The van der Waals surface area contributed by atoms with Crippen molar-refractivity contribution in [3.8, 4) is 0 Å². The van der Waals surface area contributed by atoms with E-state index in [0.717, 1.165) is 22.2 Å². The molecule has 0 unspecified atom stereocenters. The molecule has 0 N–H and O–H groups in total. The van der Waals surface area contributed by atoms with Gasteiger partial charge >= 0.3 is 0 Å². The summed E-state index contributed by atoms with van der Waals surface area (Å²) in [5, 5.41) is 0. The molecular weight excluding hydrogens is 354 g/mol. The molecule has 0 bridgehead atoms. The van der Waals surface area contributed by atoms with E-state index < -0.39 is 0 Å². The summed E-state index contributed by atoms with van der Waals surface area (Å²) in [7, 11) is 0. The molecule has 1 aromatic heterocycles. The quantitative estimate of drug-likeness (QED) is 0.739. The van der Waals surface area contributed by atoms with Crippen LogP contribution in [0.4, 0.5) is 0 Å². The average molecular weight is 368 g/mol. The van der Waals surface area contributed by atoms with E-state index in [0.29, 0.717) is 17.6 Å². The minimum atomic E-state index is -0.0573. The van der Waals surface area contributed by atoms with Crippen LogP contribution in [0.5, 0.6) is 0 Å². The fourth-order valence-electron chi connectivity index (χ4n) is 3.30. The van der Waals surface area contributed by atoms with E-state index in [2.05, 4.69) is 20.5 Å². The highest BCUT2D eigenvalue weighted by atomic mass is 79.9. The smallest absolute Gasteiger partial charge is 0.193 e. The third-order valence-electron chi connectivity index (χ3n) is 4.46. The van der Waals surface area contributed by atoms with Gasteiger partial charge in [0.1, 0.15) is 0 Å². The highest BCUT2D eigenvalue weighted by Crippen LogP contribution is 2.37. The number of rotatable bonds is 2. The molecule has 4 rings (SSSR count). The standard InChI is InChI=1S/C19H14BrNO2/c20-14-5-3-12(4-6-14)19(23)13-10-15-2-1-9-21(15)17-7-8-18(22)16(17)11-13/h1-6,9-11,17H,7-8H2/t17-/m1/s1. The van der Waals surface area contributed by atoms with Crippen LogP contribution in [0.3, 0.4) is 0 Å². The monoisotopic (exact) mass is 367 g/mol. The number of ketones is 2. The first-order valence-electron chi connectivity index (χ1n) is 7.57. The van der Waals surface area contributed by atoms with Crippen LogP contribution in [-0.2, 0) is 4.79 Å². The zero-order valence-electron chi connectivity index (χ0n) is 12.3. The molecular formula is C19H14BrNO2. The van der Waals surface area contributed by atoms with Crippen molar-refractivity contribution < 1.29 is 9.59 Å². The van der Waals surface area contributed by atoms with Crippen molar-refractivity contribution in [2.24, 2.45) is 0 Å². The Kier molecular flexibility index (Phi) is 3.42. The number of hydrogen-bond acceptors (Lipinski definition) is 2. The lowest BCUT2D eigenvalue weighted by Gasteiger charge is -2.14. The number of Topliss-reactive ketones (excluding diaryl/α,β-unsaturated/α-hetero) is 2. The van der Waals surface area contributed by atoms with Gasteiger partial charge in [0.05, 0.1) is 6.04 Å². The summed E-state index contributed by atoms with van der Waals surface area (Å²) in [6, 6.07) is 11.3. The number of aromatic nitrogens is 1. The number of fused-ring (bicyclic) bond motifs is 3. The Hall–Kier alpha value is -2.20. The van der Waals surface area contributed by atoms with Crippen molar-refractivity contribution in [2.75, 3.05) is 0 Å². The van der Waals surface area contributed by atoms with E-state index in [1.165, 1.54) is 0 Å². The van der Waals surface area contributed by atoms with Crippen LogP contribution in [0.1, 0.15) is 34.9 Å². The largest absolute Gasteiger partial charge is 0.340 e. The van der Waals surface area contributed by atoms with Crippen LogP contribution in [-0.4, -0.2) is 16.1 Å². The number of nitrogens with zero attached hydrogens (tertiary/aromatic N) is 1. The van der Waals surface area contributed by atoms with Crippen LogP contribution < -0.4 is 0 Å². The van der Waals surface area contributed by atoms with E-state index >= 15 is 0 Å². The fraction of sp³-hybridized carbons (Fsp3) is 0.158. The Morgan fingerprint density at radius 1 is 1.13 bits per heavy atom. The number of carbonyl (C=O) groups excluding carboxylic acids is 2. The van der Waals surface area contributed by atoms with Crippen LogP contribution in [0.2, 0.25) is 0 Å². The number of benzene rings is 1. The second-order valence-corrected chi connectivity index (χ2v) is 6.77. The third kappa shape index (κ3) is 2.43. The topological polar surface area (TPSA) is 39.1 Å².